The number of urea groups is 1. The van der Waals surface area contributed by atoms with Crippen molar-refractivity contribution in [3.63, 3.8) is 0 Å². The highest BCUT2D eigenvalue weighted by molar-refractivity contribution is 5.89. The van der Waals surface area contributed by atoms with Crippen molar-refractivity contribution in [2.75, 3.05) is 11.9 Å². The van der Waals surface area contributed by atoms with Gasteiger partial charge in [0.1, 0.15) is 0 Å². The van der Waals surface area contributed by atoms with Gasteiger partial charge < -0.3 is 10.2 Å². The van der Waals surface area contributed by atoms with Gasteiger partial charge in [-0.15, -0.1) is 0 Å². The van der Waals surface area contributed by atoms with Gasteiger partial charge >= 0.3 is 6.03 Å². The second-order valence-corrected chi connectivity index (χ2v) is 7.13. The van der Waals surface area contributed by atoms with E-state index in [1.54, 1.807) is 23.4 Å². The summed E-state index contributed by atoms with van der Waals surface area (Å²) >= 11 is 0. The monoisotopic (exact) mass is 389 g/mol. The molecule has 2 aromatic heterocycles. The van der Waals surface area contributed by atoms with Gasteiger partial charge in [0, 0.05) is 49.2 Å². The third-order valence-electron chi connectivity index (χ3n) is 5.10. The Hall–Kier alpha value is -3.48. The number of aromatic nitrogens is 3. The summed E-state index contributed by atoms with van der Waals surface area (Å²) in [6, 6.07) is 13.0. The van der Waals surface area contributed by atoms with E-state index in [1.165, 1.54) is 10.2 Å². The Morgan fingerprint density at radius 3 is 2.72 bits per heavy atom. The molecule has 1 N–H and O–H groups in total. The van der Waals surface area contributed by atoms with E-state index in [0.717, 1.165) is 28.9 Å². The minimum absolute atomic E-state index is 0.167. The molecule has 0 spiro atoms. The second kappa shape index (κ2) is 8.26. The van der Waals surface area contributed by atoms with Crippen molar-refractivity contribution < 1.29 is 4.79 Å². The quantitative estimate of drug-likeness (QED) is 0.744. The first-order chi connectivity index (χ1) is 14.1. The maximum absolute atomic E-state index is 12.6. The van der Waals surface area contributed by atoms with Gasteiger partial charge in [0.2, 0.25) is 0 Å². The predicted molar refractivity (Wildman–Crippen MR) is 111 cm³/mol. The predicted octanol–water partition coefficient (Wildman–Crippen LogP) is 2.84. The zero-order valence-electron chi connectivity index (χ0n) is 16.3. The van der Waals surface area contributed by atoms with Crippen LogP contribution < -0.4 is 10.9 Å². The number of benzene rings is 1. The minimum Gasteiger partial charge on any atom is -0.320 e. The minimum atomic E-state index is -0.176. The third kappa shape index (κ3) is 4.34. The Morgan fingerprint density at radius 1 is 1.17 bits per heavy atom. The summed E-state index contributed by atoms with van der Waals surface area (Å²) in [5.41, 5.74) is 4.41. The molecule has 0 saturated heterocycles. The largest absolute Gasteiger partial charge is 0.322 e. The zero-order chi connectivity index (χ0) is 20.2. The van der Waals surface area contributed by atoms with E-state index in [-0.39, 0.29) is 11.6 Å². The second-order valence-electron chi connectivity index (χ2n) is 7.13. The molecule has 7 nitrogen and oxygen atoms in total. The molecule has 1 aromatic carbocycles. The van der Waals surface area contributed by atoms with Crippen molar-refractivity contribution in [3.05, 3.63) is 87.6 Å². The molecule has 0 radical (unpaired) electrons. The number of aryl methyl sites for hydroxylation is 1. The Balaban J connectivity index is 1.46. The van der Waals surface area contributed by atoms with Crippen molar-refractivity contribution in [1.29, 1.82) is 0 Å². The van der Waals surface area contributed by atoms with E-state index in [0.29, 0.717) is 26.1 Å². The van der Waals surface area contributed by atoms with Gasteiger partial charge in [0.05, 0.1) is 12.2 Å². The summed E-state index contributed by atoms with van der Waals surface area (Å²) in [4.78, 5) is 30.9. The molecule has 3 aromatic rings. The van der Waals surface area contributed by atoms with Gasteiger partial charge in [-0.3, -0.25) is 9.78 Å². The average Bonchev–Trinajstić information content (AvgIpc) is 2.75. The lowest BCUT2D eigenvalue weighted by molar-refractivity contribution is 0.205. The molecule has 0 unspecified atom stereocenters. The van der Waals surface area contributed by atoms with Crippen LogP contribution in [-0.4, -0.2) is 32.2 Å². The van der Waals surface area contributed by atoms with E-state index in [1.807, 2.05) is 36.4 Å². The highest BCUT2D eigenvalue weighted by Crippen LogP contribution is 2.17. The van der Waals surface area contributed by atoms with Crippen molar-refractivity contribution in [2.45, 2.75) is 32.9 Å². The van der Waals surface area contributed by atoms with Crippen LogP contribution in [0.15, 0.2) is 59.7 Å². The number of fused-ring (bicyclic) bond motifs is 1. The van der Waals surface area contributed by atoms with E-state index in [9.17, 15) is 9.59 Å². The number of anilines is 1. The van der Waals surface area contributed by atoms with Crippen molar-refractivity contribution >= 4 is 11.7 Å². The van der Waals surface area contributed by atoms with Gasteiger partial charge in [-0.1, -0.05) is 25.1 Å². The molecule has 2 amide bonds. The number of pyridine rings is 1. The molecule has 4 rings (SSSR count). The van der Waals surface area contributed by atoms with Crippen LogP contribution in [0.25, 0.3) is 0 Å². The van der Waals surface area contributed by atoms with Crippen molar-refractivity contribution in [3.8, 4) is 0 Å². The van der Waals surface area contributed by atoms with Gasteiger partial charge in [0.15, 0.2) is 0 Å². The van der Waals surface area contributed by atoms with E-state index in [4.69, 9.17) is 0 Å². The number of amides is 2. The van der Waals surface area contributed by atoms with E-state index < -0.39 is 0 Å². The number of hydrogen-bond acceptors (Lipinski definition) is 4. The lowest BCUT2D eigenvalue weighted by atomic mass is 10.1. The number of carbonyl (C=O) groups is 1. The van der Waals surface area contributed by atoms with Crippen molar-refractivity contribution in [1.82, 2.24) is 19.7 Å². The van der Waals surface area contributed by atoms with E-state index in [2.05, 4.69) is 22.3 Å². The fraction of sp³-hybridized carbons (Fsp3) is 0.273. The Labute approximate surface area is 169 Å². The maximum Gasteiger partial charge on any atom is 0.322 e. The van der Waals surface area contributed by atoms with Crippen molar-refractivity contribution in [2.24, 2.45) is 0 Å². The van der Waals surface area contributed by atoms with Gasteiger partial charge in [-0.05, 0) is 35.7 Å². The van der Waals surface area contributed by atoms with E-state index >= 15 is 0 Å². The van der Waals surface area contributed by atoms with Gasteiger partial charge in [0.25, 0.3) is 5.56 Å². The highest BCUT2D eigenvalue weighted by atomic mass is 16.2. The van der Waals surface area contributed by atoms with Crippen LogP contribution >= 0.6 is 0 Å². The van der Waals surface area contributed by atoms with Crippen LogP contribution in [0.4, 0.5) is 10.5 Å². The molecule has 0 saturated carbocycles. The molecular formula is C22H23N5O2. The first-order valence-electron chi connectivity index (χ1n) is 9.76. The summed E-state index contributed by atoms with van der Waals surface area (Å²) in [6.45, 7) is 3.42. The summed E-state index contributed by atoms with van der Waals surface area (Å²) < 4.78 is 1.46. The van der Waals surface area contributed by atoms with Crippen LogP contribution in [0.1, 0.15) is 29.3 Å². The molecule has 0 aliphatic carbocycles. The number of carbonyl (C=O) groups excluding carboxylic acids is 1. The molecule has 148 valence electrons. The third-order valence-corrected chi connectivity index (χ3v) is 5.10. The van der Waals surface area contributed by atoms with Gasteiger partial charge in [-0.2, -0.15) is 5.10 Å². The number of rotatable bonds is 4. The number of hydrogen-bond donors (Lipinski definition) is 1. The topological polar surface area (TPSA) is 80.1 Å². The summed E-state index contributed by atoms with van der Waals surface area (Å²) in [5, 5.41) is 7.45. The maximum atomic E-state index is 12.6. The molecule has 7 heteroatoms. The lowest BCUT2D eigenvalue weighted by Gasteiger charge is -2.28. The first kappa shape index (κ1) is 18.9. The zero-order valence-corrected chi connectivity index (χ0v) is 16.3. The lowest BCUT2D eigenvalue weighted by Crippen LogP contribution is -2.40. The van der Waals surface area contributed by atoms with Crippen LogP contribution in [0.3, 0.4) is 0 Å². The fourth-order valence-electron chi connectivity index (χ4n) is 3.42. The Bertz CT molecular complexity index is 1060. The summed E-state index contributed by atoms with van der Waals surface area (Å²) in [6.07, 6.45) is 5.00. The molecule has 0 atom stereocenters. The molecule has 0 fully saturated rings. The summed E-state index contributed by atoms with van der Waals surface area (Å²) in [7, 11) is 0. The molecule has 29 heavy (non-hydrogen) atoms. The van der Waals surface area contributed by atoms with Gasteiger partial charge in [-0.25, -0.2) is 9.48 Å². The SMILES string of the molecule is CCc1ccc(NC(=O)N2CCc3nn(Cc4cccnc4)c(=O)cc3C2)cc1. The first-order valence-corrected chi connectivity index (χ1v) is 9.76. The highest BCUT2D eigenvalue weighted by Gasteiger charge is 2.23. The fourth-order valence-corrected chi connectivity index (χ4v) is 3.42. The standard InChI is InChI=1S/C22H23N5O2/c1-2-16-5-7-19(8-6-16)24-22(29)26-11-9-20-18(15-26)12-21(28)27(25-20)14-17-4-3-10-23-13-17/h3-8,10,12-13H,2,9,11,14-15H2,1H3,(H,24,29). The average molecular weight is 389 g/mol. The normalized spacial score (nSPS) is 13.1. The molecule has 1 aliphatic heterocycles. The summed E-state index contributed by atoms with van der Waals surface area (Å²) in [5.74, 6) is 0. The van der Waals surface area contributed by atoms with Crippen LogP contribution in [0.5, 0.6) is 0 Å². The smallest absolute Gasteiger partial charge is 0.320 e. The molecular weight excluding hydrogens is 366 g/mol. The van der Waals surface area contributed by atoms with Crippen LogP contribution in [0.2, 0.25) is 0 Å². The number of nitrogens with one attached hydrogen (secondary N) is 1. The molecule has 3 heterocycles. The number of nitrogens with zero attached hydrogens (tertiary/aromatic N) is 4. The van der Waals surface area contributed by atoms with Crippen LogP contribution in [0, 0.1) is 0 Å². The molecule has 0 bridgehead atoms. The van der Waals surface area contributed by atoms with Crippen LogP contribution in [-0.2, 0) is 25.9 Å². The Morgan fingerprint density at radius 2 is 2.00 bits per heavy atom. The Kier molecular flexibility index (Phi) is 5.37. The molecule has 1 aliphatic rings.